The van der Waals surface area contributed by atoms with Gasteiger partial charge in [-0.3, -0.25) is 4.90 Å². The van der Waals surface area contributed by atoms with E-state index in [1.54, 1.807) is 0 Å². The zero-order valence-corrected chi connectivity index (χ0v) is 17.6. The fraction of sp³-hybridized carbons (Fsp3) is 1.00. The Labute approximate surface area is 166 Å². The quantitative estimate of drug-likeness (QED) is 0.629. The molecule has 1 aliphatic carbocycles. The third kappa shape index (κ3) is 2.74. The Hall–Kier alpha value is -0.290. The minimum atomic E-state index is -2.97. The molecule has 1 N–H and O–H groups in total. The van der Waals surface area contributed by atoms with Gasteiger partial charge in [-0.2, -0.15) is 0 Å². The van der Waals surface area contributed by atoms with Crippen LogP contribution in [0.3, 0.4) is 0 Å². The van der Waals surface area contributed by atoms with Crippen molar-refractivity contribution in [2.24, 2.45) is 23.7 Å². The van der Waals surface area contributed by atoms with Gasteiger partial charge in [0, 0.05) is 37.3 Å². The molecule has 0 radical (unpaired) electrons. The molecule has 6 unspecified atom stereocenters. The van der Waals surface area contributed by atoms with E-state index in [1.165, 1.54) is 0 Å². The van der Waals surface area contributed by atoms with Crippen LogP contribution in [0.25, 0.3) is 0 Å². The van der Waals surface area contributed by atoms with E-state index in [9.17, 15) is 13.5 Å². The van der Waals surface area contributed by atoms with Gasteiger partial charge in [-0.25, -0.2) is 18.2 Å². The lowest BCUT2D eigenvalue weighted by Gasteiger charge is -2.62. The second-order valence-electron chi connectivity index (χ2n) is 9.59. The summed E-state index contributed by atoms with van der Waals surface area (Å²) in [6.07, 6.45) is 0.888. The molecule has 9 atom stereocenters. The molecule has 6 fully saturated rings. The molecule has 1 spiro atoms. The van der Waals surface area contributed by atoms with Crippen LogP contribution >= 0.6 is 0 Å². The van der Waals surface area contributed by atoms with Crippen molar-refractivity contribution in [3.8, 4) is 0 Å². The minimum absolute atomic E-state index is 0.00799. The molecule has 6 rings (SSSR count). The predicted octanol–water partition coefficient (Wildman–Crippen LogP) is 0.896. The van der Waals surface area contributed by atoms with E-state index in [1.807, 2.05) is 6.92 Å². The molecule has 28 heavy (non-hydrogen) atoms. The molecule has 0 aromatic rings. The molecule has 0 aromatic carbocycles. The van der Waals surface area contributed by atoms with Gasteiger partial charge in [-0.05, 0) is 25.7 Å². The number of hydrogen-bond acceptors (Lipinski definition) is 8. The first-order valence-electron chi connectivity index (χ1n) is 10.5. The van der Waals surface area contributed by atoms with Crippen LogP contribution in [-0.2, 0) is 29.1 Å². The number of aliphatic hydroxyl groups excluding tert-OH is 1. The van der Waals surface area contributed by atoms with Gasteiger partial charge in [0.25, 0.3) is 0 Å². The van der Waals surface area contributed by atoms with Gasteiger partial charge in [0.05, 0.1) is 17.6 Å². The minimum Gasteiger partial charge on any atom is -0.393 e. The highest BCUT2D eigenvalue weighted by molar-refractivity contribution is 7.91. The molecule has 6 aliphatic rings. The number of rotatable bonds is 1. The summed E-state index contributed by atoms with van der Waals surface area (Å²) in [6.45, 7) is 6.98. The number of nitrogens with zero attached hydrogens (tertiary/aromatic N) is 1. The highest BCUT2D eigenvalue weighted by Gasteiger charge is 2.70. The van der Waals surface area contributed by atoms with E-state index in [0.717, 1.165) is 6.42 Å². The van der Waals surface area contributed by atoms with Crippen molar-refractivity contribution < 1.29 is 32.8 Å². The second-order valence-corrected chi connectivity index (χ2v) is 11.9. The van der Waals surface area contributed by atoms with Crippen molar-refractivity contribution in [3.05, 3.63) is 0 Å². The summed E-state index contributed by atoms with van der Waals surface area (Å²) in [7, 11) is -2.97. The summed E-state index contributed by atoms with van der Waals surface area (Å²) in [6, 6.07) is 0. The van der Waals surface area contributed by atoms with Crippen LogP contribution in [0.1, 0.15) is 40.0 Å². The third-order valence-corrected chi connectivity index (χ3v) is 9.59. The number of aliphatic hydroxyl groups is 1. The Balaban J connectivity index is 1.50. The van der Waals surface area contributed by atoms with Crippen LogP contribution in [0, 0.1) is 23.7 Å². The van der Waals surface area contributed by atoms with Gasteiger partial charge >= 0.3 is 0 Å². The lowest BCUT2D eigenvalue weighted by atomic mass is 9.57. The predicted molar refractivity (Wildman–Crippen MR) is 98.4 cm³/mol. The highest BCUT2D eigenvalue weighted by atomic mass is 32.2. The maximum absolute atomic E-state index is 11.9. The standard InChI is InChI=1S/C19H31NO7S/c1-11-13-4-5-18(3)25-17-19(13,27-26-18)14(10-15(11)21)12(2)16(24-17)20-6-8-28(22,23)9-7-20/h11-17,21H,4-10H2,1-3H3/t11?,12?,13?,14?,15?,16-,17-,18?,19-/m1/s1. The zero-order valence-electron chi connectivity index (χ0n) is 16.7. The van der Waals surface area contributed by atoms with Gasteiger partial charge in [0.1, 0.15) is 6.23 Å². The molecular formula is C19H31NO7S. The zero-order chi connectivity index (χ0) is 19.9. The van der Waals surface area contributed by atoms with E-state index in [4.69, 9.17) is 19.2 Å². The molecule has 0 amide bonds. The Morgan fingerprint density at radius 1 is 1.07 bits per heavy atom. The van der Waals surface area contributed by atoms with Crippen LogP contribution in [0.2, 0.25) is 0 Å². The molecular weight excluding hydrogens is 386 g/mol. The van der Waals surface area contributed by atoms with Crippen molar-refractivity contribution in [1.82, 2.24) is 4.90 Å². The molecule has 8 nitrogen and oxygen atoms in total. The monoisotopic (exact) mass is 417 g/mol. The molecule has 5 heterocycles. The number of hydrogen-bond donors (Lipinski definition) is 1. The Morgan fingerprint density at radius 3 is 2.50 bits per heavy atom. The Morgan fingerprint density at radius 2 is 1.79 bits per heavy atom. The Bertz CT molecular complexity index is 729. The van der Waals surface area contributed by atoms with Crippen molar-refractivity contribution in [2.45, 2.75) is 70.0 Å². The SMILES string of the molecule is CC1C(O)CC2C(C)[C@H](N3CCS(=O)(=O)CC3)O[C@@H]3OC4(C)CCC1[C@@]23OO4. The van der Waals surface area contributed by atoms with Crippen LogP contribution in [0.5, 0.6) is 0 Å². The van der Waals surface area contributed by atoms with Crippen molar-refractivity contribution in [2.75, 3.05) is 24.6 Å². The summed E-state index contributed by atoms with van der Waals surface area (Å²) in [5.41, 5.74) is -0.730. The van der Waals surface area contributed by atoms with Crippen LogP contribution in [0.4, 0.5) is 0 Å². The van der Waals surface area contributed by atoms with Gasteiger partial charge in [-0.1, -0.05) is 13.8 Å². The molecule has 9 heteroatoms. The van der Waals surface area contributed by atoms with Crippen molar-refractivity contribution in [3.63, 3.8) is 0 Å². The van der Waals surface area contributed by atoms with Crippen LogP contribution < -0.4 is 0 Å². The normalized spacial score (nSPS) is 56.1. The molecule has 5 aliphatic heterocycles. The molecule has 160 valence electrons. The fourth-order valence-electron chi connectivity index (χ4n) is 6.24. The smallest absolute Gasteiger partial charge is 0.201 e. The third-order valence-electron chi connectivity index (χ3n) is 7.98. The Kier molecular flexibility index (Phi) is 4.46. The molecule has 5 saturated heterocycles. The lowest BCUT2D eigenvalue weighted by Crippen LogP contribution is -2.73. The van der Waals surface area contributed by atoms with Crippen LogP contribution in [0.15, 0.2) is 0 Å². The van der Waals surface area contributed by atoms with E-state index in [-0.39, 0.29) is 41.4 Å². The highest BCUT2D eigenvalue weighted by Crippen LogP contribution is 2.60. The first-order chi connectivity index (χ1) is 13.2. The first-order valence-corrected chi connectivity index (χ1v) is 12.3. The summed E-state index contributed by atoms with van der Waals surface area (Å²) < 4.78 is 36.6. The van der Waals surface area contributed by atoms with Gasteiger partial charge in [-0.15, -0.1) is 0 Å². The van der Waals surface area contributed by atoms with Crippen molar-refractivity contribution >= 4 is 9.84 Å². The summed E-state index contributed by atoms with van der Waals surface area (Å²) in [5, 5.41) is 10.8. The fourth-order valence-corrected chi connectivity index (χ4v) is 7.47. The second kappa shape index (κ2) is 6.35. The topological polar surface area (TPSA) is 94.5 Å². The van der Waals surface area contributed by atoms with Gasteiger partial charge in [0.15, 0.2) is 21.7 Å². The number of sulfone groups is 1. The average molecular weight is 418 g/mol. The summed E-state index contributed by atoms with van der Waals surface area (Å²) >= 11 is 0. The summed E-state index contributed by atoms with van der Waals surface area (Å²) in [4.78, 5) is 14.0. The first kappa shape index (κ1) is 19.7. The van der Waals surface area contributed by atoms with Gasteiger partial charge in [0.2, 0.25) is 5.79 Å². The average Bonchev–Trinajstić information content (AvgIpc) is 2.87. The van der Waals surface area contributed by atoms with Crippen LogP contribution in [-0.4, -0.2) is 73.0 Å². The molecule has 1 saturated carbocycles. The van der Waals surface area contributed by atoms with E-state index in [2.05, 4.69) is 18.7 Å². The van der Waals surface area contributed by atoms with E-state index < -0.39 is 33.6 Å². The number of ether oxygens (including phenoxy) is 2. The molecule has 0 aromatic heterocycles. The number of fused-ring (bicyclic) bond motifs is 2. The lowest BCUT2D eigenvalue weighted by molar-refractivity contribution is -0.575. The van der Waals surface area contributed by atoms with Crippen molar-refractivity contribution in [1.29, 1.82) is 0 Å². The van der Waals surface area contributed by atoms with Gasteiger partial charge < -0.3 is 14.6 Å². The summed E-state index contributed by atoms with van der Waals surface area (Å²) in [5.74, 6) is -0.343. The maximum atomic E-state index is 11.9. The van der Waals surface area contributed by atoms with E-state index >= 15 is 0 Å². The van der Waals surface area contributed by atoms with E-state index in [0.29, 0.717) is 25.9 Å². The maximum Gasteiger partial charge on any atom is 0.201 e. The molecule has 2 bridgehead atoms. The largest absolute Gasteiger partial charge is 0.393 e.